The van der Waals surface area contributed by atoms with E-state index >= 15 is 0 Å². The van der Waals surface area contributed by atoms with Gasteiger partial charge in [-0.15, -0.1) is 0 Å². The van der Waals surface area contributed by atoms with Crippen molar-refractivity contribution in [3.63, 3.8) is 0 Å². The summed E-state index contributed by atoms with van der Waals surface area (Å²) in [6.45, 7) is 0. The van der Waals surface area contributed by atoms with Crippen LogP contribution in [-0.2, 0) is 11.2 Å². The maximum atomic E-state index is 13.5. The van der Waals surface area contributed by atoms with E-state index in [9.17, 15) is 13.6 Å². The molecular weight excluding hydrogens is 230 g/mol. The number of fused-ring (bicyclic) bond motifs is 1. The molecule has 3 nitrogen and oxygen atoms in total. The van der Waals surface area contributed by atoms with Crippen LogP contribution >= 0.6 is 0 Å². The number of aliphatic carboxylic acids is 1. The second kappa shape index (κ2) is 3.98. The van der Waals surface area contributed by atoms with Crippen LogP contribution in [0.2, 0.25) is 0 Å². The SMILES string of the molecule is COc1ccc2c(c1)CCC2C(F)(F)C(=O)O. The standard InChI is InChI=1S/C12H12F2O3/c1-17-8-3-4-9-7(6-8)2-5-10(9)12(13,14)11(15)16/h3-4,6,10H,2,5H2,1H3,(H,15,16). The van der Waals surface area contributed by atoms with Gasteiger partial charge in [0, 0.05) is 0 Å². The van der Waals surface area contributed by atoms with Crippen LogP contribution in [0.3, 0.4) is 0 Å². The lowest BCUT2D eigenvalue weighted by molar-refractivity contribution is -0.168. The molecule has 1 N–H and O–H groups in total. The molecule has 92 valence electrons. The summed E-state index contributed by atoms with van der Waals surface area (Å²) in [5, 5.41) is 8.55. The minimum atomic E-state index is -3.71. The third kappa shape index (κ3) is 1.85. The molecule has 0 saturated heterocycles. The van der Waals surface area contributed by atoms with Gasteiger partial charge in [0.05, 0.1) is 13.0 Å². The molecule has 0 amide bonds. The van der Waals surface area contributed by atoms with Crippen molar-refractivity contribution in [3.05, 3.63) is 29.3 Å². The van der Waals surface area contributed by atoms with E-state index in [1.807, 2.05) is 0 Å². The third-order valence-corrected chi connectivity index (χ3v) is 3.15. The molecule has 0 aromatic heterocycles. The van der Waals surface area contributed by atoms with E-state index in [0.29, 0.717) is 17.7 Å². The average molecular weight is 242 g/mol. The van der Waals surface area contributed by atoms with E-state index in [1.54, 1.807) is 12.1 Å². The lowest BCUT2D eigenvalue weighted by Gasteiger charge is -2.19. The molecule has 0 saturated carbocycles. The summed E-state index contributed by atoms with van der Waals surface area (Å²) in [5.41, 5.74) is 1.16. The molecule has 0 bridgehead atoms. The first-order valence-electron chi connectivity index (χ1n) is 5.25. The number of carboxylic acids is 1. The normalized spacial score (nSPS) is 18.9. The Morgan fingerprint density at radius 3 is 2.82 bits per heavy atom. The summed E-state index contributed by atoms with van der Waals surface area (Å²) in [6.07, 6.45) is 0.613. The molecule has 0 heterocycles. The van der Waals surface area contributed by atoms with Crippen LogP contribution in [0.25, 0.3) is 0 Å². The van der Waals surface area contributed by atoms with Gasteiger partial charge in [0.15, 0.2) is 0 Å². The van der Waals surface area contributed by atoms with Crippen LogP contribution < -0.4 is 4.74 Å². The van der Waals surface area contributed by atoms with Gasteiger partial charge in [-0.2, -0.15) is 8.78 Å². The number of halogens is 2. The molecule has 1 aromatic carbocycles. The van der Waals surface area contributed by atoms with Crippen LogP contribution in [0.15, 0.2) is 18.2 Å². The fourth-order valence-corrected chi connectivity index (χ4v) is 2.25. The zero-order chi connectivity index (χ0) is 12.6. The lowest BCUT2D eigenvalue weighted by Crippen LogP contribution is -2.34. The molecule has 5 heteroatoms. The van der Waals surface area contributed by atoms with E-state index in [4.69, 9.17) is 9.84 Å². The van der Waals surface area contributed by atoms with Crippen LogP contribution in [0.5, 0.6) is 5.75 Å². The van der Waals surface area contributed by atoms with Crippen LogP contribution in [0, 0.1) is 0 Å². The zero-order valence-electron chi connectivity index (χ0n) is 9.24. The predicted octanol–water partition coefficient (Wildman–Crippen LogP) is 2.44. The summed E-state index contributed by atoms with van der Waals surface area (Å²) in [5.74, 6) is -6.41. The van der Waals surface area contributed by atoms with Gasteiger partial charge in [-0.25, -0.2) is 4.79 Å². The fraction of sp³-hybridized carbons (Fsp3) is 0.417. The summed E-state index contributed by atoms with van der Waals surface area (Å²) >= 11 is 0. The van der Waals surface area contributed by atoms with E-state index in [-0.39, 0.29) is 6.42 Å². The zero-order valence-corrected chi connectivity index (χ0v) is 9.24. The smallest absolute Gasteiger partial charge is 0.375 e. The molecule has 17 heavy (non-hydrogen) atoms. The lowest BCUT2D eigenvalue weighted by atomic mass is 9.94. The van der Waals surface area contributed by atoms with Crippen LogP contribution in [-0.4, -0.2) is 24.1 Å². The molecule has 0 fully saturated rings. The minimum Gasteiger partial charge on any atom is -0.497 e. The molecule has 0 radical (unpaired) electrons. The number of rotatable bonds is 3. The van der Waals surface area contributed by atoms with Gasteiger partial charge >= 0.3 is 11.9 Å². The highest BCUT2D eigenvalue weighted by atomic mass is 19.3. The predicted molar refractivity (Wildman–Crippen MR) is 56.6 cm³/mol. The second-order valence-electron chi connectivity index (χ2n) is 4.08. The topological polar surface area (TPSA) is 46.5 Å². The molecule has 2 rings (SSSR count). The Kier molecular flexibility index (Phi) is 2.77. The summed E-state index contributed by atoms with van der Waals surface area (Å²) in [4.78, 5) is 10.6. The van der Waals surface area contributed by atoms with Gasteiger partial charge in [0.25, 0.3) is 0 Å². The number of hydrogen-bond acceptors (Lipinski definition) is 2. The largest absolute Gasteiger partial charge is 0.497 e. The average Bonchev–Trinajstić information content (AvgIpc) is 2.71. The highest BCUT2D eigenvalue weighted by Gasteiger charge is 2.50. The van der Waals surface area contributed by atoms with E-state index in [1.165, 1.54) is 13.2 Å². The number of methoxy groups -OCH3 is 1. The van der Waals surface area contributed by atoms with E-state index in [0.717, 1.165) is 5.56 Å². The Hall–Kier alpha value is -1.65. The van der Waals surface area contributed by atoms with Gasteiger partial charge < -0.3 is 9.84 Å². The van der Waals surface area contributed by atoms with E-state index < -0.39 is 17.8 Å². The number of carboxylic acid groups (broad SMARTS) is 1. The Morgan fingerprint density at radius 1 is 1.53 bits per heavy atom. The molecule has 1 aromatic rings. The van der Waals surface area contributed by atoms with Crippen molar-refractivity contribution in [2.75, 3.05) is 7.11 Å². The van der Waals surface area contributed by atoms with Gasteiger partial charge in [0.1, 0.15) is 5.75 Å². The van der Waals surface area contributed by atoms with Crippen molar-refractivity contribution in [1.29, 1.82) is 0 Å². The van der Waals surface area contributed by atoms with Gasteiger partial charge in [0.2, 0.25) is 0 Å². The third-order valence-electron chi connectivity index (χ3n) is 3.15. The van der Waals surface area contributed by atoms with Crippen molar-refractivity contribution >= 4 is 5.97 Å². The summed E-state index contributed by atoms with van der Waals surface area (Å²) in [6, 6.07) is 4.80. The maximum absolute atomic E-state index is 13.5. The Morgan fingerprint density at radius 2 is 2.24 bits per heavy atom. The Balaban J connectivity index is 2.38. The summed E-state index contributed by atoms with van der Waals surface area (Å²) in [7, 11) is 1.50. The van der Waals surface area contributed by atoms with Crippen LogP contribution in [0.4, 0.5) is 8.78 Å². The Labute approximate surface area is 97.0 Å². The monoisotopic (exact) mass is 242 g/mol. The molecule has 1 aliphatic carbocycles. The van der Waals surface area contributed by atoms with Gasteiger partial charge in [-0.05, 0) is 36.1 Å². The number of benzene rings is 1. The minimum absolute atomic E-state index is 0.155. The van der Waals surface area contributed by atoms with Crippen molar-refractivity contribution in [1.82, 2.24) is 0 Å². The molecule has 1 unspecified atom stereocenters. The number of carbonyl (C=O) groups is 1. The molecular formula is C12H12F2O3. The second-order valence-corrected chi connectivity index (χ2v) is 4.08. The number of ether oxygens (including phenoxy) is 1. The fourth-order valence-electron chi connectivity index (χ4n) is 2.25. The molecule has 1 aliphatic rings. The quantitative estimate of drug-likeness (QED) is 0.885. The van der Waals surface area contributed by atoms with Crippen molar-refractivity contribution in [2.45, 2.75) is 24.7 Å². The first-order valence-corrected chi connectivity index (χ1v) is 5.25. The van der Waals surface area contributed by atoms with Crippen molar-refractivity contribution < 1.29 is 23.4 Å². The van der Waals surface area contributed by atoms with Gasteiger partial charge in [-0.1, -0.05) is 6.07 Å². The van der Waals surface area contributed by atoms with E-state index in [2.05, 4.69) is 0 Å². The highest BCUT2D eigenvalue weighted by molar-refractivity contribution is 5.77. The highest BCUT2D eigenvalue weighted by Crippen LogP contribution is 2.44. The number of hydrogen-bond donors (Lipinski definition) is 1. The maximum Gasteiger partial charge on any atom is 0.375 e. The Bertz CT molecular complexity index is 457. The molecule has 1 atom stereocenters. The van der Waals surface area contributed by atoms with Crippen molar-refractivity contribution in [2.24, 2.45) is 0 Å². The molecule has 0 aliphatic heterocycles. The molecule has 0 spiro atoms. The first-order chi connectivity index (χ1) is 7.96. The summed E-state index contributed by atoms with van der Waals surface area (Å²) < 4.78 is 32.0. The first kappa shape index (κ1) is 11.8. The van der Waals surface area contributed by atoms with Crippen molar-refractivity contribution in [3.8, 4) is 5.75 Å². The van der Waals surface area contributed by atoms with Gasteiger partial charge in [-0.3, -0.25) is 0 Å². The van der Waals surface area contributed by atoms with Crippen LogP contribution in [0.1, 0.15) is 23.5 Å². The number of aryl methyl sites for hydroxylation is 1. The number of alkyl halides is 2.